The number of carbonyl (C=O) groups is 2. The van der Waals surface area contributed by atoms with Gasteiger partial charge in [0.1, 0.15) is 11.4 Å². The lowest BCUT2D eigenvalue weighted by atomic mass is 10.1. The molecular weight excluding hydrogens is 332 g/mol. The van der Waals surface area contributed by atoms with Crippen molar-refractivity contribution in [1.29, 1.82) is 0 Å². The molecule has 2 atom stereocenters. The fraction of sp³-hybridized carbons (Fsp3) is 0.500. The quantitative estimate of drug-likeness (QED) is 0.771. The smallest absolute Gasteiger partial charge is 0.260 e. The van der Waals surface area contributed by atoms with E-state index < -0.39 is 6.04 Å². The number of rotatable bonds is 6. The van der Waals surface area contributed by atoms with Gasteiger partial charge < -0.3 is 24.4 Å². The Bertz CT molecular complexity index is 666. The van der Waals surface area contributed by atoms with Crippen molar-refractivity contribution in [1.82, 2.24) is 10.2 Å². The molecule has 130 valence electrons. The SMILES string of the molecule is COCCNC(=O)[C@@H]1CS[C@H]2c3ccc(OC)c(OC)c3C(=O)N12. The molecule has 7 nitrogen and oxygen atoms in total. The maximum absolute atomic E-state index is 12.9. The predicted octanol–water partition coefficient (Wildman–Crippen LogP) is 1.04. The topological polar surface area (TPSA) is 77.1 Å². The van der Waals surface area contributed by atoms with Gasteiger partial charge in [0.2, 0.25) is 5.91 Å². The van der Waals surface area contributed by atoms with Crippen LogP contribution in [0.3, 0.4) is 0 Å². The van der Waals surface area contributed by atoms with Crippen molar-refractivity contribution in [3.63, 3.8) is 0 Å². The molecule has 0 spiro atoms. The minimum absolute atomic E-state index is 0.158. The molecule has 2 amide bonds. The molecule has 1 N–H and O–H groups in total. The number of ether oxygens (including phenoxy) is 3. The van der Waals surface area contributed by atoms with Gasteiger partial charge in [-0.2, -0.15) is 0 Å². The van der Waals surface area contributed by atoms with E-state index in [1.165, 1.54) is 14.2 Å². The Labute approximate surface area is 144 Å². The molecule has 1 fully saturated rings. The third-order valence-corrected chi connectivity index (χ3v) is 5.51. The second-order valence-electron chi connectivity index (χ2n) is 5.46. The molecule has 2 aliphatic rings. The minimum atomic E-state index is -0.493. The van der Waals surface area contributed by atoms with Gasteiger partial charge in [-0.1, -0.05) is 6.07 Å². The minimum Gasteiger partial charge on any atom is -0.493 e. The van der Waals surface area contributed by atoms with Crippen LogP contribution in [0.5, 0.6) is 11.5 Å². The maximum Gasteiger partial charge on any atom is 0.260 e. The van der Waals surface area contributed by atoms with E-state index in [0.29, 0.717) is 36.0 Å². The van der Waals surface area contributed by atoms with Crippen molar-refractivity contribution in [3.8, 4) is 11.5 Å². The van der Waals surface area contributed by atoms with Gasteiger partial charge in [0.05, 0.1) is 26.4 Å². The molecule has 24 heavy (non-hydrogen) atoms. The average Bonchev–Trinajstić information content (AvgIpc) is 3.14. The molecule has 1 aromatic rings. The zero-order valence-corrected chi connectivity index (χ0v) is 14.6. The van der Waals surface area contributed by atoms with Gasteiger partial charge in [0.25, 0.3) is 5.91 Å². The number of thioether (sulfide) groups is 1. The van der Waals surface area contributed by atoms with Crippen LogP contribution in [0.15, 0.2) is 12.1 Å². The highest BCUT2D eigenvalue weighted by Crippen LogP contribution is 2.52. The third-order valence-electron chi connectivity index (χ3n) is 4.20. The molecule has 0 unspecified atom stereocenters. The van der Waals surface area contributed by atoms with Crippen LogP contribution < -0.4 is 14.8 Å². The molecule has 2 heterocycles. The summed E-state index contributed by atoms with van der Waals surface area (Å²) in [6.45, 7) is 0.863. The molecule has 0 saturated carbocycles. The van der Waals surface area contributed by atoms with Gasteiger partial charge in [-0.3, -0.25) is 9.59 Å². The second-order valence-corrected chi connectivity index (χ2v) is 6.58. The normalized spacial score (nSPS) is 21.5. The molecule has 8 heteroatoms. The van der Waals surface area contributed by atoms with Crippen molar-refractivity contribution < 1.29 is 23.8 Å². The second kappa shape index (κ2) is 6.90. The largest absolute Gasteiger partial charge is 0.493 e. The van der Waals surface area contributed by atoms with E-state index in [1.807, 2.05) is 6.07 Å². The standard InChI is InChI=1S/C16H20N2O5S/c1-21-7-6-17-14(19)10-8-24-16-9-4-5-11(22-2)13(23-3)12(9)15(20)18(10)16/h4-5,10,16H,6-8H2,1-3H3,(H,17,19)/t10-,16-/m0/s1. The number of amides is 2. The summed E-state index contributed by atoms with van der Waals surface area (Å²) >= 11 is 1.58. The van der Waals surface area contributed by atoms with E-state index in [-0.39, 0.29) is 17.2 Å². The Balaban J connectivity index is 1.88. The average molecular weight is 352 g/mol. The maximum atomic E-state index is 12.9. The van der Waals surface area contributed by atoms with Gasteiger partial charge in [-0.25, -0.2) is 0 Å². The van der Waals surface area contributed by atoms with Gasteiger partial charge in [-0.05, 0) is 6.07 Å². The van der Waals surface area contributed by atoms with Gasteiger partial charge in [0, 0.05) is 25.0 Å². The van der Waals surface area contributed by atoms with Crippen LogP contribution in [-0.4, -0.2) is 63.0 Å². The lowest BCUT2D eigenvalue weighted by Gasteiger charge is -2.22. The first kappa shape index (κ1) is 16.9. The lowest BCUT2D eigenvalue weighted by Crippen LogP contribution is -2.46. The Hall–Kier alpha value is -1.93. The number of benzene rings is 1. The van der Waals surface area contributed by atoms with Crippen molar-refractivity contribution >= 4 is 23.6 Å². The molecule has 0 aliphatic carbocycles. The summed E-state index contributed by atoms with van der Waals surface area (Å²) in [4.78, 5) is 27.0. The van der Waals surface area contributed by atoms with Crippen molar-refractivity contribution in [2.45, 2.75) is 11.4 Å². The Morgan fingerprint density at radius 2 is 2.12 bits per heavy atom. The number of nitrogens with one attached hydrogen (secondary N) is 1. The Morgan fingerprint density at radius 3 is 2.79 bits per heavy atom. The van der Waals surface area contributed by atoms with Crippen LogP contribution >= 0.6 is 11.8 Å². The molecule has 0 aromatic heterocycles. The number of hydrogen-bond acceptors (Lipinski definition) is 6. The van der Waals surface area contributed by atoms with Gasteiger partial charge in [0.15, 0.2) is 11.5 Å². The van der Waals surface area contributed by atoms with Crippen molar-refractivity contribution in [2.75, 3.05) is 40.2 Å². The molecule has 0 radical (unpaired) electrons. The number of methoxy groups -OCH3 is 3. The van der Waals surface area contributed by atoms with Crippen LogP contribution in [0.1, 0.15) is 21.3 Å². The van der Waals surface area contributed by atoms with E-state index in [1.54, 1.807) is 29.8 Å². The summed E-state index contributed by atoms with van der Waals surface area (Å²) < 4.78 is 15.6. The Morgan fingerprint density at radius 1 is 1.33 bits per heavy atom. The van der Waals surface area contributed by atoms with E-state index in [4.69, 9.17) is 14.2 Å². The number of nitrogens with zero attached hydrogens (tertiary/aromatic N) is 1. The zero-order valence-electron chi connectivity index (χ0n) is 13.8. The molecule has 1 aromatic carbocycles. The molecular formula is C16H20N2O5S. The van der Waals surface area contributed by atoms with Crippen LogP contribution in [0.2, 0.25) is 0 Å². The fourth-order valence-corrected chi connectivity index (χ4v) is 4.54. The monoisotopic (exact) mass is 352 g/mol. The summed E-state index contributed by atoms with van der Waals surface area (Å²) in [6.07, 6.45) is 0. The zero-order chi connectivity index (χ0) is 17.3. The van der Waals surface area contributed by atoms with Crippen LogP contribution in [0, 0.1) is 0 Å². The fourth-order valence-electron chi connectivity index (χ4n) is 3.09. The first-order valence-electron chi connectivity index (χ1n) is 7.59. The number of hydrogen-bond donors (Lipinski definition) is 1. The molecule has 3 rings (SSSR count). The van der Waals surface area contributed by atoms with Crippen molar-refractivity contribution in [2.24, 2.45) is 0 Å². The highest BCUT2D eigenvalue weighted by Gasteiger charge is 2.50. The summed E-state index contributed by atoms with van der Waals surface area (Å²) in [5.74, 6) is 1.16. The molecule has 1 saturated heterocycles. The summed E-state index contributed by atoms with van der Waals surface area (Å²) in [6, 6.07) is 3.17. The van der Waals surface area contributed by atoms with E-state index in [9.17, 15) is 9.59 Å². The van der Waals surface area contributed by atoms with Crippen LogP contribution in [0.25, 0.3) is 0 Å². The summed E-state index contributed by atoms with van der Waals surface area (Å²) in [7, 11) is 4.62. The van der Waals surface area contributed by atoms with E-state index >= 15 is 0 Å². The molecule has 2 aliphatic heterocycles. The van der Waals surface area contributed by atoms with E-state index in [0.717, 1.165) is 5.56 Å². The summed E-state index contributed by atoms with van der Waals surface area (Å²) in [5, 5.41) is 2.65. The van der Waals surface area contributed by atoms with E-state index in [2.05, 4.69) is 5.32 Å². The van der Waals surface area contributed by atoms with Gasteiger partial charge in [-0.15, -0.1) is 11.8 Å². The first-order chi connectivity index (χ1) is 11.6. The first-order valence-corrected chi connectivity index (χ1v) is 8.64. The lowest BCUT2D eigenvalue weighted by molar-refractivity contribution is -0.124. The molecule has 0 bridgehead atoms. The third kappa shape index (κ3) is 2.59. The summed E-state index contributed by atoms with van der Waals surface area (Å²) in [5.41, 5.74) is 1.36. The van der Waals surface area contributed by atoms with Gasteiger partial charge >= 0.3 is 0 Å². The number of carbonyl (C=O) groups excluding carboxylic acids is 2. The Kier molecular flexibility index (Phi) is 4.86. The van der Waals surface area contributed by atoms with Crippen molar-refractivity contribution in [3.05, 3.63) is 23.3 Å². The predicted molar refractivity (Wildman–Crippen MR) is 89.6 cm³/mol. The number of fused-ring (bicyclic) bond motifs is 3. The van der Waals surface area contributed by atoms with Crippen LogP contribution in [0.4, 0.5) is 0 Å². The highest BCUT2D eigenvalue weighted by molar-refractivity contribution is 7.99. The van der Waals surface area contributed by atoms with Crippen LogP contribution in [-0.2, 0) is 9.53 Å². The highest BCUT2D eigenvalue weighted by atomic mass is 32.2.